The second kappa shape index (κ2) is 9.60. The van der Waals surface area contributed by atoms with E-state index in [1.54, 1.807) is 11.3 Å². The molecule has 1 aromatic rings. The molecule has 0 aromatic carbocycles. The summed E-state index contributed by atoms with van der Waals surface area (Å²) in [4.78, 5) is 9.79. The zero-order valence-corrected chi connectivity index (χ0v) is 13.2. The smallest absolute Gasteiger partial charge is 0.191 e. The van der Waals surface area contributed by atoms with Crippen LogP contribution in [0.4, 0.5) is 0 Å². The largest absolute Gasteiger partial charge is 0.395 e. The molecule has 17 heavy (non-hydrogen) atoms. The number of aromatic nitrogens is 1. The van der Waals surface area contributed by atoms with Crippen molar-refractivity contribution in [2.75, 3.05) is 19.7 Å². The summed E-state index contributed by atoms with van der Waals surface area (Å²) in [6, 6.07) is 0. The summed E-state index contributed by atoms with van der Waals surface area (Å²) in [6.07, 6.45) is 1.85. The van der Waals surface area contributed by atoms with Gasteiger partial charge in [0.25, 0.3) is 0 Å². The van der Waals surface area contributed by atoms with Gasteiger partial charge in [0, 0.05) is 24.2 Å². The van der Waals surface area contributed by atoms with Crippen molar-refractivity contribution in [2.24, 2.45) is 4.99 Å². The highest BCUT2D eigenvalue weighted by Gasteiger charge is 1.99. The van der Waals surface area contributed by atoms with Crippen LogP contribution in [-0.2, 0) is 6.54 Å². The molecule has 5 nitrogen and oxygen atoms in total. The van der Waals surface area contributed by atoms with Crippen molar-refractivity contribution in [3.05, 3.63) is 16.1 Å². The van der Waals surface area contributed by atoms with Gasteiger partial charge in [-0.2, -0.15) is 0 Å². The molecule has 0 spiro atoms. The summed E-state index contributed by atoms with van der Waals surface area (Å²) in [6.45, 7) is 6.00. The first-order valence-electron chi connectivity index (χ1n) is 5.30. The fourth-order valence-corrected chi connectivity index (χ4v) is 1.85. The average Bonchev–Trinajstić information content (AvgIpc) is 2.68. The number of nitrogens with zero attached hydrogens (tertiary/aromatic N) is 2. The molecule has 1 rings (SSSR count). The first-order valence-corrected chi connectivity index (χ1v) is 6.12. The van der Waals surface area contributed by atoms with E-state index in [-0.39, 0.29) is 30.6 Å². The lowest BCUT2D eigenvalue weighted by Crippen LogP contribution is -2.38. The zero-order chi connectivity index (χ0) is 11.8. The van der Waals surface area contributed by atoms with E-state index in [0.29, 0.717) is 19.0 Å². The predicted molar refractivity (Wildman–Crippen MR) is 82.2 cm³/mol. The van der Waals surface area contributed by atoms with Gasteiger partial charge < -0.3 is 15.7 Å². The summed E-state index contributed by atoms with van der Waals surface area (Å²) in [7, 11) is 0. The van der Waals surface area contributed by atoms with E-state index in [0.717, 1.165) is 11.6 Å². The molecule has 0 fully saturated rings. The van der Waals surface area contributed by atoms with Crippen LogP contribution in [0.2, 0.25) is 0 Å². The minimum atomic E-state index is 0. The number of aliphatic hydroxyl groups excluding tert-OH is 1. The standard InChI is InChI=1S/C10H18N4OS.HI/c1-3-11-10(12-4-5-15)14-7-9-13-6-8(2)16-9;/h6,15H,3-5,7H2,1-2H3,(H2,11,12,14);1H. The van der Waals surface area contributed by atoms with Gasteiger partial charge >= 0.3 is 0 Å². The number of aryl methyl sites for hydroxylation is 1. The third kappa shape index (κ3) is 6.79. The Kier molecular flexibility index (Phi) is 9.37. The lowest BCUT2D eigenvalue weighted by Gasteiger charge is -2.09. The minimum Gasteiger partial charge on any atom is -0.395 e. The van der Waals surface area contributed by atoms with Gasteiger partial charge in [-0.05, 0) is 13.8 Å². The van der Waals surface area contributed by atoms with Crippen molar-refractivity contribution in [2.45, 2.75) is 20.4 Å². The number of hydrogen-bond acceptors (Lipinski definition) is 4. The molecule has 0 aliphatic rings. The number of aliphatic imine (C=N–C) groups is 1. The van der Waals surface area contributed by atoms with Crippen LogP contribution < -0.4 is 10.6 Å². The average molecular weight is 370 g/mol. The van der Waals surface area contributed by atoms with Gasteiger partial charge in [-0.3, -0.25) is 0 Å². The molecule has 0 saturated carbocycles. The predicted octanol–water partition coefficient (Wildman–Crippen LogP) is 1.12. The van der Waals surface area contributed by atoms with Gasteiger partial charge in [-0.1, -0.05) is 0 Å². The summed E-state index contributed by atoms with van der Waals surface area (Å²) in [5.74, 6) is 0.712. The second-order valence-corrected chi connectivity index (χ2v) is 4.53. The van der Waals surface area contributed by atoms with Crippen LogP contribution in [0.1, 0.15) is 16.8 Å². The number of guanidine groups is 1. The highest BCUT2D eigenvalue weighted by molar-refractivity contribution is 14.0. The molecule has 1 heterocycles. The number of hydrogen-bond donors (Lipinski definition) is 3. The van der Waals surface area contributed by atoms with Crippen molar-refractivity contribution in [3.8, 4) is 0 Å². The SMILES string of the molecule is CCNC(=NCc1ncc(C)s1)NCCO.I. The van der Waals surface area contributed by atoms with E-state index in [4.69, 9.17) is 5.11 Å². The maximum Gasteiger partial charge on any atom is 0.191 e. The second-order valence-electron chi connectivity index (χ2n) is 3.21. The van der Waals surface area contributed by atoms with Crippen LogP contribution in [0, 0.1) is 6.92 Å². The molecule has 0 aliphatic heterocycles. The summed E-state index contributed by atoms with van der Waals surface area (Å²) >= 11 is 1.65. The third-order valence-electron chi connectivity index (χ3n) is 1.79. The maximum absolute atomic E-state index is 8.72. The molecular formula is C10H19IN4OS. The van der Waals surface area contributed by atoms with Crippen LogP contribution in [0.3, 0.4) is 0 Å². The Morgan fingerprint density at radius 2 is 2.29 bits per heavy atom. The Labute approximate surface area is 123 Å². The number of rotatable bonds is 5. The summed E-state index contributed by atoms with van der Waals surface area (Å²) < 4.78 is 0. The topological polar surface area (TPSA) is 69.5 Å². The molecule has 0 unspecified atom stereocenters. The lowest BCUT2D eigenvalue weighted by atomic mass is 10.6. The van der Waals surface area contributed by atoms with Crippen LogP contribution in [-0.4, -0.2) is 35.7 Å². The zero-order valence-electron chi connectivity index (χ0n) is 10.1. The van der Waals surface area contributed by atoms with E-state index in [1.165, 1.54) is 4.88 Å². The van der Waals surface area contributed by atoms with E-state index >= 15 is 0 Å². The van der Waals surface area contributed by atoms with Gasteiger partial charge in [0.1, 0.15) is 5.01 Å². The third-order valence-corrected chi connectivity index (χ3v) is 2.69. The van der Waals surface area contributed by atoms with Gasteiger partial charge in [0.2, 0.25) is 0 Å². The Morgan fingerprint density at radius 1 is 1.53 bits per heavy atom. The van der Waals surface area contributed by atoms with Crippen molar-refractivity contribution in [1.29, 1.82) is 0 Å². The molecule has 98 valence electrons. The Hall–Kier alpha value is -0.410. The number of nitrogens with one attached hydrogen (secondary N) is 2. The number of halogens is 1. The Balaban J connectivity index is 0.00000256. The van der Waals surface area contributed by atoms with Crippen LogP contribution in [0.5, 0.6) is 0 Å². The van der Waals surface area contributed by atoms with E-state index in [1.807, 2.05) is 20.0 Å². The van der Waals surface area contributed by atoms with E-state index < -0.39 is 0 Å². The molecule has 0 saturated heterocycles. The number of aliphatic hydroxyl groups is 1. The van der Waals surface area contributed by atoms with Crippen molar-refractivity contribution >= 4 is 41.3 Å². The fourth-order valence-electron chi connectivity index (χ4n) is 1.14. The van der Waals surface area contributed by atoms with Gasteiger partial charge in [-0.25, -0.2) is 9.98 Å². The maximum atomic E-state index is 8.72. The molecule has 0 aliphatic carbocycles. The first-order chi connectivity index (χ1) is 7.76. The van der Waals surface area contributed by atoms with Crippen molar-refractivity contribution < 1.29 is 5.11 Å². The van der Waals surface area contributed by atoms with E-state index in [9.17, 15) is 0 Å². The van der Waals surface area contributed by atoms with Gasteiger partial charge in [0.15, 0.2) is 5.96 Å². The molecule has 1 aromatic heterocycles. The first kappa shape index (κ1) is 16.6. The highest BCUT2D eigenvalue weighted by Crippen LogP contribution is 2.11. The fraction of sp³-hybridized carbons (Fsp3) is 0.600. The molecule has 7 heteroatoms. The lowest BCUT2D eigenvalue weighted by molar-refractivity contribution is 0.300. The molecule has 3 N–H and O–H groups in total. The molecule has 0 radical (unpaired) electrons. The molecule has 0 bridgehead atoms. The number of thiazole rings is 1. The molecule has 0 atom stereocenters. The van der Waals surface area contributed by atoms with E-state index in [2.05, 4.69) is 20.6 Å². The minimum absolute atomic E-state index is 0. The van der Waals surface area contributed by atoms with Gasteiger partial charge in [0.05, 0.1) is 13.2 Å². The van der Waals surface area contributed by atoms with Crippen LogP contribution >= 0.6 is 35.3 Å². The summed E-state index contributed by atoms with van der Waals surface area (Å²) in [5.41, 5.74) is 0. The van der Waals surface area contributed by atoms with Crippen molar-refractivity contribution in [3.63, 3.8) is 0 Å². The highest BCUT2D eigenvalue weighted by atomic mass is 127. The van der Waals surface area contributed by atoms with Crippen molar-refractivity contribution in [1.82, 2.24) is 15.6 Å². The monoisotopic (exact) mass is 370 g/mol. The normalized spacial score (nSPS) is 10.9. The Morgan fingerprint density at radius 3 is 2.82 bits per heavy atom. The van der Waals surface area contributed by atoms with Gasteiger partial charge in [-0.15, -0.1) is 35.3 Å². The molecular weight excluding hydrogens is 351 g/mol. The van der Waals surface area contributed by atoms with Crippen LogP contribution in [0.15, 0.2) is 11.2 Å². The molecule has 0 amide bonds. The summed E-state index contributed by atoms with van der Waals surface area (Å²) in [5, 5.41) is 15.8. The quantitative estimate of drug-likeness (QED) is 0.413. The van der Waals surface area contributed by atoms with Crippen LogP contribution in [0.25, 0.3) is 0 Å². The Bertz CT molecular complexity index is 343.